The van der Waals surface area contributed by atoms with Gasteiger partial charge in [-0.05, 0) is 31.9 Å². The molecule has 2 atom stereocenters. The van der Waals surface area contributed by atoms with Crippen molar-refractivity contribution >= 4 is 5.91 Å². The summed E-state index contributed by atoms with van der Waals surface area (Å²) < 4.78 is 0. The summed E-state index contributed by atoms with van der Waals surface area (Å²) in [5.74, 6) is 0.795. The molecule has 3 rings (SSSR count). The minimum Gasteiger partial charge on any atom is -0.352 e. The molecule has 2 fully saturated rings. The SMILES string of the molecule is CN(CC(=O)NC1CC1)[C@H]1CC1c1ccccc1. The predicted molar refractivity (Wildman–Crippen MR) is 71.4 cm³/mol. The highest BCUT2D eigenvalue weighted by molar-refractivity contribution is 5.78. The number of rotatable bonds is 5. The topological polar surface area (TPSA) is 32.3 Å². The maximum Gasteiger partial charge on any atom is 0.234 e. The average molecular weight is 244 g/mol. The molecule has 0 saturated heterocycles. The highest BCUT2D eigenvalue weighted by atomic mass is 16.2. The third kappa shape index (κ3) is 2.72. The molecule has 0 heterocycles. The van der Waals surface area contributed by atoms with Gasteiger partial charge in [-0.3, -0.25) is 9.69 Å². The van der Waals surface area contributed by atoms with Crippen LogP contribution in [-0.4, -0.2) is 36.5 Å². The van der Waals surface area contributed by atoms with Crippen LogP contribution in [0.3, 0.4) is 0 Å². The van der Waals surface area contributed by atoms with Gasteiger partial charge in [-0.25, -0.2) is 0 Å². The van der Waals surface area contributed by atoms with Crippen LogP contribution in [0.25, 0.3) is 0 Å². The molecule has 1 aromatic carbocycles. The molecule has 0 aromatic heterocycles. The Morgan fingerprint density at radius 2 is 2.06 bits per heavy atom. The lowest BCUT2D eigenvalue weighted by atomic mass is 10.1. The van der Waals surface area contributed by atoms with Crippen LogP contribution in [0.2, 0.25) is 0 Å². The second kappa shape index (κ2) is 4.73. The van der Waals surface area contributed by atoms with Crippen molar-refractivity contribution in [3.63, 3.8) is 0 Å². The molecule has 1 unspecified atom stereocenters. The van der Waals surface area contributed by atoms with Crippen molar-refractivity contribution in [2.75, 3.05) is 13.6 Å². The highest BCUT2D eigenvalue weighted by Gasteiger charge is 2.41. The van der Waals surface area contributed by atoms with Crippen LogP contribution in [0.5, 0.6) is 0 Å². The number of hydrogen-bond donors (Lipinski definition) is 1. The highest BCUT2D eigenvalue weighted by Crippen LogP contribution is 2.43. The van der Waals surface area contributed by atoms with Crippen LogP contribution in [0.15, 0.2) is 30.3 Å². The Bertz CT molecular complexity index is 427. The van der Waals surface area contributed by atoms with Crippen molar-refractivity contribution in [1.82, 2.24) is 10.2 Å². The number of nitrogens with zero attached hydrogens (tertiary/aromatic N) is 1. The maximum atomic E-state index is 11.7. The molecule has 1 aromatic rings. The fourth-order valence-corrected chi connectivity index (χ4v) is 2.57. The largest absolute Gasteiger partial charge is 0.352 e. The van der Waals surface area contributed by atoms with Gasteiger partial charge in [0.05, 0.1) is 6.54 Å². The quantitative estimate of drug-likeness (QED) is 0.856. The van der Waals surface area contributed by atoms with Gasteiger partial charge in [0.15, 0.2) is 0 Å². The standard InChI is InChI=1S/C15H20N2O/c1-17(10-15(18)16-12-7-8-12)14-9-13(14)11-5-3-2-4-6-11/h2-6,12-14H,7-10H2,1H3,(H,16,18)/t13?,14-/m0/s1. The zero-order chi connectivity index (χ0) is 12.5. The van der Waals surface area contributed by atoms with Crippen LogP contribution in [0.1, 0.15) is 30.7 Å². The fraction of sp³-hybridized carbons (Fsp3) is 0.533. The zero-order valence-electron chi connectivity index (χ0n) is 10.8. The number of benzene rings is 1. The van der Waals surface area contributed by atoms with E-state index in [1.807, 2.05) is 6.07 Å². The van der Waals surface area contributed by atoms with E-state index in [1.54, 1.807) is 0 Å². The van der Waals surface area contributed by atoms with Crippen molar-refractivity contribution in [2.24, 2.45) is 0 Å². The van der Waals surface area contributed by atoms with Gasteiger partial charge in [-0.15, -0.1) is 0 Å². The Morgan fingerprint density at radius 3 is 2.72 bits per heavy atom. The number of hydrogen-bond acceptors (Lipinski definition) is 2. The van der Waals surface area contributed by atoms with Crippen LogP contribution < -0.4 is 5.32 Å². The zero-order valence-corrected chi connectivity index (χ0v) is 10.8. The first-order valence-electron chi connectivity index (χ1n) is 6.78. The minimum absolute atomic E-state index is 0.179. The molecule has 1 N–H and O–H groups in total. The molecule has 18 heavy (non-hydrogen) atoms. The third-order valence-electron chi connectivity index (χ3n) is 3.89. The monoisotopic (exact) mass is 244 g/mol. The Morgan fingerprint density at radius 1 is 1.33 bits per heavy atom. The van der Waals surface area contributed by atoms with Crippen LogP contribution in [-0.2, 0) is 4.79 Å². The smallest absolute Gasteiger partial charge is 0.234 e. The van der Waals surface area contributed by atoms with E-state index < -0.39 is 0 Å². The Labute approximate surface area is 108 Å². The van der Waals surface area contributed by atoms with Gasteiger partial charge in [0.2, 0.25) is 5.91 Å². The summed E-state index contributed by atoms with van der Waals surface area (Å²) in [7, 11) is 2.06. The van der Waals surface area contributed by atoms with Gasteiger partial charge < -0.3 is 5.32 Å². The number of nitrogens with one attached hydrogen (secondary N) is 1. The summed E-state index contributed by atoms with van der Waals surface area (Å²) in [6.07, 6.45) is 3.49. The van der Waals surface area contributed by atoms with Gasteiger partial charge in [0.25, 0.3) is 0 Å². The molecular weight excluding hydrogens is 224 g/mol. The number of carbonyl (C=O) groups excluding carboxylic acids is 1. The second-order valence-corrected chi connectivity index (χ2v) is 5.58. The molecule has 1 amide bonds. The predicted octanol–water partition coefficient (Wildman–Crippen LogP) is 1.75. The molecule has 0 bridgehead atoms. The normalized spacial score (nSPS) is 26.1. The molecule has 96 valence electrons. The van der Waals surface area contributed by atoms with E-state index in [1.165, 1.54) is 12.0 Å². The molecule has 0 radical (unpaired) electrons. The summed E-state index contributed by atoms with van der Waals surface area (Å²) in [4.78, 5) is 13.9. The Kier molecular flexibility index (Phi) is 3.08. The number of amides is 1. The summed E-state index contributed by atoms with van der Waals surface area (Å²) in [6, 6.07) is 11.6. The van der Waals surface area contributed by atoms with E-state index in [0.717, 1.165) is 12.8 Å². The molecular formula is C15H20N2O. The first-order chi connectivity index (χ1) is 8.74. The van der Waals surface area contributed by atoms with E-state index >= 15 is 0 Å². The fourth-order valence-electron chi connectivity index (χ4n) is 2.57. The maximum absolute atomic E-state index is 11.7. The lowest BCUT2D eigenvalue weighted by Gasteiger charge is -2.16. The summed E-state index contributed by atoms with van der Waals surface area (Å²) in [6.45, 7) is 0.532. The van der Waals surface area contributed by atoms with Crippen molar-refractivity contribution in [1.29, 1.82) is 0 Å². The van der Waals surface area contributed by atoms with Gasteiger partial charge in [-0.2, -0.15) is 0 Å². The Hall–Kier alpha value is -1.35. The van der Waals surface area contributed by atoms with Crippen molar-refractivity contribution in [3.8, 4) is 0 Å². The first-order valence-corrected chi connectivity index (χ1v) is 6.78. The van der Waals surface area contributed by atoms with Gasteiger partial charge in [0, 0.05) is 18.0 Å². The van der Waals surface area contributed by atoms with Crippen molar-refractivity contribution in [3.05, 3.63) is 35.9 Å². The number of carbonyl (C=O) groups is 1. The Balaban J connectivity index is 1.49. The summed E-state index contributed by atoms with van der Waals surface area (Å²) in [5.41, 5.74) is 1.40. The van der Waals surface area contributed by atoms with Gasteiger partial charge in [-0.1, -0.05) is 30.3 Å². The van der Waals surface area contributed by atoms with E-state index in [-0.39, 0.29) is 5.91 Å². The first kappa shape index (κ1) is 11.7. The number of likely N-dealkylation sites (N-methyl/N-ethyl adjacent to an activating group) is 1. The van der Waals surface area contributed by atoms with E-state index in [9.17, 15) is 4.79 Å². The third-order valence-corrected chi connectivity index (χ3v) is 3.89. The van der Waals surface area contributed by atoms with Gasteiger partial charge >= 0.3 is 0 Å². The summed E-state index contributed by atoms with van der Waals surface area (Å²) in [5, 5.41) is 3.04. The van der Waals surface area contributed by atoms with Crippen LogP contribution in [0.4, 0.5) is 0 Å². The molecule has 0 spiro atoms. The molecule has 2 aliphatic rings. The molecule has 2 saturated carbocycles. The van der Waals surface area contributed by atoms with Gasteiger partial charge in [0.1, 0.15) is 0 Å². The van der Waals surface area contributed by atoms with Crippen LogP contribution >= 0.6 is 0 Å². The average Bonchev–Trinajstić information content (AvgIpc) is 3.24. The van der Waals surface area contributed by atoms with E-state index in [2.05, 4.69) is 41.5 Å². The van der Waals surface area contributed by atoms with E-state index in [0.29, 0.717) is 24.5 Å². The molecule has 3 nitrogen and oxygen atoms in total. The van der Waals surface area contributed by atoms with Crippen LogP contribution in [0, 0.1) is 0 Å². The minimum atomic E-state index is 0.179. The van der Waals surface area contributed by atoms with E-state index in [4.69, 9.17) is 0 Å². The van der Waals surface area contributed by atoms with Crippen molar-refractivity contribution in [2.45, 2.75) is 37.3 Å². The molecule has 0 aliphatic heterocycles. The lowest BCUT2D eigenvalue weighted by Crippen LogP contribution is -2.37. The lowest BCUT2D eigenvalue weighted by molar-refractivity contribution is -0.122. The second-order valence-electron chi connectivity index (χ2n) is 5.58. The molecule has 3 heteroatoms. The molecule has 2 aliphatic carbocycles. The van der Waals surface area contributed by atoms with Crippen molar-refractivity contribution < 1.29 is 4.79 Å². The summed E-state index contributed by atoms with van der Waals surface area (Å²) >= 11 is 0.